The number of hydrogen-bond acceptors (Lipinski definition) is 2. The molecular formula is C20H26N2. The lowest BCUT2D eigenvalue weighted by atomic mass is 9.88. The van der Waals surface area contributed by atoms with Crippen LogP contribution < -0.4 is 5.73 Å². The van der Waals surface area contributed by atoms with Gasteiger partial charge in [0.2, 0.25) is 0 Å². The summed E-state index contributed by atoms with van der Waals surface area (Å²) in [6.45, 7) is 3.13. The number of nitrogens with zero attached hydrogens (tertiary/aromatic N) is 1. The molecule has 1 unspecified atom stereocenters. The first-order chi connectivity index (χ1) is 10.9. The van der Waals surface area contributed by atoms with E-state index in [9.17, 15) is 0 Å². The zero-order valence-electron chi connectivity index (χ0n) is 13.2. The molecule has 1 heterocycles. The Morgan fingerprint density at radius 3 is 2.09 bits per heavy atom. The van der Waals surface area contributed by atoms with Crippen molar-refractivity contribution in [1.82, 2.24) is 4.90 Å². The average Bonchev–Trinajstić information content (AvgIpc) is 3.05. The predicted molar refractivity (Wildman–Crippen MR) is 93.0 cm³/mol. The van der Waals surface area contributed by atoms with E-state index in [-0.39, 0.29) is 0 Å². The molecule has 0 aliphatic carbocycles. The van der Waals surface area contributed by atoms with Crippen LogP contribution in [0.1, 0.15) is 36.3 Å². The van der Waals surface area contributed by atoms with Crippen LogP contribution in [0, 0.1) is 0 Å². The highest BCUT2D eigenvalue weighted by molar-refractivity contribution is 5.32. The molecule has 0 saturated carbocycles. The van der Waals surface area contributed by atoms with Crippen molar-refractivity contribution in [2.45, 2.75) is 31.2 Å². The van der Waals surface area contributed by atoms with E-state index in [0.717, 1.165) is 19.5 Å². The van der Waals surface area contributed by atoms with E-state index >= 15 is 0 Å². The maximum absolute atomic E-state index is 5.91. The van der Waals surface area contributed by atoms with Crippen LogP contribution in [0.25, 0.3) is 0 Å². The van der Waals surface area contributed by atoms with Gasteiger partial charge in [0, 0.05) is 18.5 Å². The van der Waals surface area contributed by atoms with E-state index in [1.54, 1.807) is 0 Å². The van der Waals surface area contributed by atoms with Crippen LogP contribution in [0.3, 0.4) is 0 Å². The molecule has 1 atom stereocenters. The van der Waals surface area contributed by atoms with E-state index in [1.807, 2.05) is 0 Å². The van der Waals surface area contributed by atoms with Crippen LogP contribution in [0.15, 0.2) is 60.7 Å². The summed E-state index contributed by atoms with van der Waals surface area (Å²) < 4.78 is 0. The highest BCUT2D eigenvalue weighted by Crippen LogP contribution is 2.29. The largest absolute Gasteiger partial charge is 0.329 e. The van der Waals surface area contributed by atoms with Crippen molar-refractivity contribution in [1.29, 1.82) is 0 Å². The van der Waals surface area contributed by atoms with Crippen molar-refractivity contribution in [3.05, 3.63) is 71.8 Å². The molecule has 2 N–H and O–H groups in total. The molecule has 2 heteroatoms. The highest BCUT2D eigenvalue weighted by atomic mass is 15.2. The standard InChI is InChI=1S/C20H26N2/c21-16-19-12-7-14-22(19)15-13-20(17-8-3-1-4-9-17)18-10-5-2-6-11-18/h1-6,8-11,19-20H,7,12-16,21H2. The lowest BCUT2D eigenvalue weighted by Crippen LogP contribution is -2.36. The molecule has 0 aromatic heterocycles. The van der Waals surface area contributed by atoms with Crippen LogP contribution >= 0.6 is 0 Å². The molecule has 0 radical (unpaired) electrons. The first kappa shape index (κ1) is 15.3. The summed E-state index contributed by atoms with van der Waals surface area (Å²) in [5.74, 6) is 0.474. The molecule has 2 aromatic carbocycles. The number of rotatable bonds is 6. The summed E-state index contributed by atoms with van der Waals surface area (Å²) in [6.07, 6.45) is 3.71. The molecule has 1 saturated heterocycles. The molecule has 116 valence electrons. The van der Waals surface area contributed by atoms with E-state index in [4.69, 9.17) is 5.73 Å². The third-order valence-electron chi connectivity index (χ3n) is 4.88. The van der Waals surface area contributed by atoms with Crippen LogP contribution in [0.2, 0.25) is 0 Å². The fraction of sp³-hybridized carbons (Fsp3) is 0.400. The summed E-state index contributed by atoms with van der Waals surface area (Å²) in [6, 6.07) is 22.4. The summed E-state index contributed by atoms with van der Waals surface area (Å²) in [5, 5.41) is 0. The Labute approximate surface area is 134 Å². The van der Waals surface area contributed by atoms with Gasteiger partial charge in [-0.15, -0.1) is 0 Å². The molecule has 3 rings (SSSR count). The maximum atomic E-state index is 5.91. The summed E-state index contributed by atoms with van der Waals surface area (Å²) >= 11 is 0. The van der Waals surface area contributed by atoms with Crippen molar-refractivity contribution in [3.63, 3.8) is 0 Å². The fourth-order valence-electron chi connectivity index (χ4n) is 3.65. The Morgan fingerprint density at radius 1 is 0.955 bits per heavy atom. The Balaban J connectivity index is 1.75. The zero-order chi connectivity index (χ0) is 15.2. The third kappa shape index (κ3) is 3.57. The van der Waals surface area contributed by atoms with Gasteiger partial charge in [-0.25, -0.2) is 0 Å². The number of hydrogen-bond donors (Lipinski definition) is 1. The summed E-state index contributed by atoms with van der Waals surface area (Å²) in [5.41, 5.74) is 8.74. The van der Waals surface area contributed by atoms with Gasteiger partial charge < -0.3 is 5.73 Å². The van der Waals surface area contributed by atoms with Gasteiger partial charge >= 0.3 is 0 Å². The highest BCUT2D eigenvalue weighted by Gasteiger charge is 2.24. The van der Waals surface area contributed by atoms with Gasteiger partial charge in [-0.05, 0) is 43.5 Å². The van der Waals surface area contributed by atoms with Crippen molar-refractivity contribution in [3.8, 4) is 0 Å². The monoisotopic (exact) mass is 294 g/mol. The average molecular weight is 294 g/mol. The molecular weight excluding hydrogens is 268 g/mol. The second-order valence-electron chi connectivity index (χ2n) is 6.23. The van der Waals surface area contributed by atoms with Crippen LogP contribution in [0.5, 0.6) is 0 Å². The van der Waals surface area contributed by atoms with E-state index < -0.39 is 0 Å². The fourth-order valence-corrected chi connectivity index (χ4v) is 3.65. The Hall–Kier alpha value is -1.64. The quantitative estimate of drug-likeness (QED) is 0.881. The minimum Gasteiger partial charge on any atom is -0.329 e. The van der Waals surface area contributed by atoms with Gasteiger partial charge in [-0.2, -0.15) is 0 Å². The van der Waals surface area contributed by atoms with Crippen LogP contribution in [-0.4, -0.2) is 30.6 Å². The number of nitrogens with two attached hydrogens (primary N) is 1. The maximum Gasteiger partial charge on any atom is 0.0218 e. The predicted octanol–water partition coefficient (Wildman–Crippen LogP) is 3.63. The summed E-state index contributed by atoms with van der Waals surface area (Å²) in [4.78, 5) is 2.58. The van der Waals surface area contributed by atoms with Crippen molar-refractivity contribution >= 4 is 0 Å². The van der Waals surface area contributed by atoms with Gasteiger partial charge in [-0.3, -0.25) is 4.90 Å². The molecule has 1 aliphatic heterocycles. The Kier molecular flexibility index (Phi) is 5.25. The van der Waals surface area contributed by atoms with Gasteiger partial charge in [0.15, 0.2) is 0 Å². The van der Waals surface area contributed by atoms with E-state index in [2.05, 4.69) is 65.6 Å². The van der Waals surface area contributed by atoms with E-state index in [0.29, 0.717) is 12.0 Å². The normalized spacial score (nSPS) is 18.9. The van der Waals surface area contributed by atoms with Gasteiger partial charge in [0.05, 0.1) is 0 Å². The van der Waals surface area contributed by atoms with Crippen molar-refractivity contribution in [2.75, 3.05) is 19.6 Å². The van der Waals surface area contributed by atoms with Gasteiger partial charge in [-0.1, -0.05) is 60.7 Å². The molecule has 0 spiro atoms. The second kappa shape index (κ2) is 7.57. The van der Waals surface area contributed by atoms with E-state index in [1.165, 1.54) is 30.5 Å². The molecule has 0 amide bonds. The SMILES string of the molecule is NCC1CCCN1CCC(c1ccccc1)c1ccccc1. The number of benzene rings is 2. The van der Waals surface area contributed by atoms with Gasteiger partial charge in [0.1, 0.15) is 0 Å². The van der Waals surface area contributed by atoms with Crippen molar-refractivity contribution < 1.29 is 0 Å². The van der Waals surface area contributed by atoms with Crippen LogP contribution in [0.4, 0.5) is 0 Å². The Bertz CT molecular complexity index is 513. The van der Waals surface area contributed by atoms with Crippen molar-refractivity contribution in [2.24, 2.45) is 5.73 Å². The molecule has 2 nitrogen and oxygen atoms in total. The minimum absolute atomic E-state index is 0.474. The lowest BCUT2D eigenvalue weighted by Gasteiger charge is -2.26. The molecule has 22 heavy (non-hydrogen) atoms. The third-order valence-corrected chi connectivity index (χ3v) is 4.88. The second-order valence-corrected chi connectivity index (χ2v) is 6.23. The van der Waals surface area contributed by atoms with Crippen LogP contribution in [-0.2, 0) is 0 Å². The van der Waals surface area contributed by atoms with Gasteiger partial charge in [0.25, 0.3) is 0 Å². The lowest BCUT2D eigenvalue weighted by molar-refractivity contribution is 0.252. The smallest absolute Gasteiger partial charge is 0.0218 e. The first-order valence-corrected chi connectivity index (χ1v) is 8.42. The molecule has 0 bridgehead atoms. The summed E-state index contributed by atoms with van der Waals surface area (Å²) in [7, 11) is 0. The molecule has 1 aliphatic rings. The zero-order valence-corrected chi connectivity index (χ0v) is 13.2. The molecule has 1 fully saturated rings. The Morgan fingerprint density at radius 2 is 1.55 bits per heavy atom. The number of likely N-dealkylation sites (tertiary alicyclic amines) is 1. The topological polar surface area (TPSA) is 29.3 Å². The first-order valence-electron chi connectivity index (χ1n) is 8.42. The minimum atomic E-state index is 0.474. The molecule has 2 aromatic rings.